The third kappa shape index (κ3) is 3.27. The highest BCUT2D eigenvalue weighted by molar-refractivity contribution is 6.06. The Hall–Kier alpha value is -1.63. The predicted octanol–water partition coefficient (Wildman–Crippen LogP) is -0.0365. The number of carbonyl (C=O) groups is 3. The first-order valence-corrected chi connectivity index (χ1v) is 6.57. The van der Waals surface area contributed by atoms with Crippen molar-refractivity contribution < 1.29 is 29.0 Å². The van der Waals surface area contributed by atoms with Crippen molar-refractivity contribution in [3.8, 4) is 0 Å². The van der Waals surface area contributed by atoms with Gasteiger partial charge in [-0.05, 0) is 25.7 Å². The highest BCUT2D eigenvalue weighted by Crippen LogP contribution is 2.51. The van der Waals surface area contributed by atoms with Crippen molar-refractivity contribution in [2.45, 2.75) is 39.8 Å². The summed E-state index contributed by atoms with van der Waals surface area (Å²) < 4.78 is 9.25. The first-order chi connectivity index (χ1) is 9.19. The minimum atomic E-state index is -2.79. The number of esters is 2. The molecule has 7 heteroatoms. The Kier molecular flexibility index (Phi) is 4.75. The monoisotopic (exact) mass is 287 g/mol. The second-order valence-corrected chi connectivity index (χ2v) is 5.39. The van der Waals surface area contributed by atoms with Gasteiger partial charge in [0.25, 0.3) is 0 Å². The van der Waals surface area contributed by atoms with E-state index >= 15 is 0 Å². The van der Waals surface area contributed by atoms with E-state index in [1.165, 1.54) is 13.8 Å². The van der Waals surface area contributed by atoms with Crippen LogP contribution in [0.15, 0.2) is 0 Å². The van der Waals surface area contributed by atoms with E-state index in [9.17, 15) is 19.5 Å². The lowest BCUT2D eigenvalue weighted by Crippen LogP contribution is -2.62. The molecule has 0 aromatic heterocycles. The molecule has 1 saturated carbocycles. The molecule has 0 spiro atoms. The van der Waals surface area contributed by atoms with E-state index in [1.807, 2.05) is 19.2 Å². The molecular weight excluding hydrogens is 266 g/mol. The summed E-state index contributed by atoms with van der Waals surface area (Å²) in [6, 6.07) is 0. The van der Waals surface area contributed by atoms with Crippen LogP contribution >= 0.6 is 0 Å². The Balaban J connectivity index is 2.85. The van der Waals surface area contributed by atoms with E-state index in [1.54, 1.807) is 0 Å². The average molecular weight is 287 g/mol. The zero-order valence-corrected chi connectivity index (χ0v) is 12.2. The van der Waals surface area contributed by atoms with Crippen molar-refractivity contribution in [3.05, 3.63) is 0 Å². The van der Waals surface area contributed by atoms with E-state index in [2.05, 4.69) is 9.47 Å². The SMILES string of the molecule is CCOC(=O)C(O)(NC(=O)C1CC1(C)C)C(=O)OCC. The summed E-state index contributed by atoms with van der Waals surface area (Å²) in [4.78, 5) is 35.4. The second kappa shape index (κ2) is 5.78. The molecule has 20 heavy (non-hydrogen) atoms. The Morgan fingerprint density at radius 3 is 1.90 bits per heavy atom. The van der Waals surface area contributed by atoms with Gasteiger partial charge in [-0.2, -0.15) is 0 Å². The normalized spacial score (nSPS) is 19.9. The van der Waals surface area contributed by atoms with Crippen molar-refractivity contribution in [2.75, 3.05) is 13.2 Å². The highest BCUT2D eigenvalue weighted by atomic mass is 16.6. The number of carbonyl (C=O) groups excluding carboxylic acids is 3. The maximum Gasteiger partial charge on any atom is 0.372 e. The third-order valence-electron chi connectivity index (χ3n) is 3.28. The lowest BCUT2D eigenvalue weighted by Gasteiger charge is -2.24. The van der Waals surface area contributed by atoms with Crippen molar-refractivity contribution in [3.63, 3.8) is 0 Å². The van der Waals surface area contributed by atoms with Crippen LogP contribution in [0.25, 0.3) is 0 Å². The van der Waals surface area contributed by atoms with Gasteiger partial charge in [0.2, 0.25) is 5.91 Å². The number of nitrogens with one attached hydrogen (secondary N) is 1. The number of rotatable bonds is 6. The van der Waals surface area contributed by atoms with Gasteiger partial charge in [-0.25, -0.2) is 9.59 Å². The van der Waals surface area contributed by atoms with Gasteiger partial charge >= 0.3 is 17.7 Å². The summed E-state index contributed by atoms with van der Waals surface area (Å²) in [6.07, 6.45) is 0.626. The minimum Gasteiger partial charge on any atom is -0.462 e. The molecule has 0 heterocycles. The van der Waals surface area contributed by atoms with Crippen LogP contribution in [0.4, 0.5) is 0 Å². The lowest BCUT2D eigenvalue weighted by molar-refractivity contribution is -0.189. The highest BCUT2D eigenvalue weighted by Gasteiger charge is 2.56. The van der Waals surface area contributed by atoms with Gasteiger partial charge in [-0.1, -0.05) is 13.8 Å². The van der Waals surface area contributed by atoms with Crippen LogP contribution in [0.2, 0.25) is 0 Å². The molecule has 1 aliphatic rings. The quantitative estimate of drug-likeness (QED) is 0.404. The second-order valence-electron chi connectivity index (χ2n) is 5.39. The predicted molar refractivity (Wildman–Crippen MR) is 68.2 cm³/mol. The molecule has 0 aromatic rings. The molecule has 0 saturated heterocycles. The fraction of sp³-hybridized carbons (Fsp3) is 0.769. The van der Waals surface area contributed by atoms with Crippen molar-refractivity contribution in [1.29, 1.82) is 0 Å². The smallest absolute Gasteiger partial charge is 0.372 e. The van der Waals surface area contributed by atoms with Crippen LogP contribution < -0.4 is 5.32 Å². The molecule has 1 rings (SSSR count). The molecule has 1 amide bonds. The molecule has 0 aromatic carbocycles. The van der Waals surface area contributed by atoms with Crippen LogP contribution in [0.1, 0.15) is 34.1 Å². The Morgan fingerprint density at radius 2 is 1.60 bits per heavy atom. The third-order valence-corrected chi connectivity index (χ3v) is 3.28. The molecule has 0 bridgehead atoms. The van der Waals surface area contributed by atoms with Gasteiger partial charge in [-0.3, -0.25) is 4.79 Å². The number of hydrogen-bond donors (Lipinski definition) is 2. The zero-order chi connectivity index (χ0) is 15.6. The van der Waals surface area contributed by atoms with E-state index in [-0.39, 0.29) is 24.5 Å². The van der Waals surface area contributed by atoms with Gasteiger partial charge in [0.1, 0.15) is 0 Å². The Bertz CT molecular complexity index is 399. The van der Waals surface area contributed by atoms with Crippen LogP contribution in [0, 0.1) is 11.3 Å². The summed E-state index contributed by atoms with van der Waals surface area (Å²) in [5.41, 5.74) is -2.99. The van der Waals surface area contributed by atoms with E-state index in [0.717, 1.165) is 0 Å². The molecule has 2 N–H and O–H groups in total. The van der Waals surface area contributed by atoms with Crippen LogP contribution in [-0.4, -0.2) is 41.9 Å². The van der Waals surface area contributed by atoms with E-state index in [0.29, 0.717) is 6.42 Å². The first-order valence-electron chi connectivity index (χ1n) is 6.57. The summed E-state index contributed by atoms with van der Waals surface area (Å²) in [6.45, 7) is 6.73. The molecule has 0 aliphatic heterocycles. The van der Waals surface area contributed by atoms with E-state index in [4.69, 9.17) is 0 Å². The lowest BCUT2D eigenvalue weighted by atomic mass is 10.1. The summed E-state index contributed by atoms with van der Waals surface area (Å²) in [5.74, 6) is -3.41. The largest absolute Gasteiger partial charge is 0.462 e. The number of amides is 1. The van der Waals surface area contributed by atoms with Gasteiger partial charge in [-0.15, -0.1) is 0 Å². The molecule has 1 fully saturated rings. The first kappa shape index (κ1) is 16.4. The maximum atomic E-state index is 12.0. The van der Waals surface area contributed by atoms with Crippen LogP contribution in [0.3, 0.4) is 0 Å². The maximum absolute atomic E-state index is 12.0. The molecule has 114 valence electrons. The molecule has 0 radical (unpaired) electrons. The summed E-state index contributed by atoms with van der Waals surface area (Å²) in [7, 11) is 0. The van der Waals surface area contributed by atoms with Gasteiger partial charge in [0.15, 0.2) is 0 Å². The number of aliphatic hydroxyl groups is 1. The molecule has 7 nitrogen and oxygen atoms in total. The molecule has 1 atom stereocenters. The van der Waals surface area contributed by atoms with Crippen LogP contribution in [0.5, 0.6) is 0 Å². The fourth-order valence-electron chi connectivity index (χ4n) is 1.84. The van der Waals surface area contributed by atoms with Crippen molar-refractivity contribution in [1.82, 2.24) is 5.32 Å². The van der Waals surface area contributed by atoms with Gasteiger partial charge < -0.3 is 19.9 Å². The van der Waals surface area contributed by atoms with Crippen molar-refractivity contribution >= 4 is 17.8 Å². The Labute approximate surface area is 117 Å². The zero-order valence-electron chi connectivity index (χ0n) is 12.2. The molecule has 1 aliphatic carbocycles. The number of hydrogen-bond acceptors (Lipinski definition) is 6. The standard InChI is InChI=1S/C13H21NO6/c1-5-19-10(16)13(18,11(17)20-6-2)14-9(15)8-7-12(8,3)4/h8,18H,5-7H2,1-4H3,(H,14,15). The van der Waals surface area contributed by atoms with E-state index < -0.39 is 23.6 Å². The summed E-state index contributed by atoms with van der Waals surface area (Å²) >= 11 is 0. The molecular formula is C13H21NO6. The minimum absolute atomic E-state index is 0.0364. The Morgan fingerprint density at radius 1 is 1.20 bits per heavy atom. The van der Waals surface area contributed by atoms with Gasteiger partial charge in [0.05, 0.1) is 13.2 Å². The average Bonchev–Trinajstić information content (AvgIpc) is 2.99. The number of ether oxygens (including phenoxy) is 2. The molecule has 1 unspecified atom stereocenters. The topological polar surface area (TPSA) is 102 Å². The summed E-state index contributed by atoms with van der Waals surface area (Å²) in [5, 5.41) is 12.2. The van der Waals surface area contributed by atoms with Gasteiger partial charge in [0, 0.05) is 5.92 Å². The van der Waals surface area contributed by atoms with Crippen LogP contribution in [-0.2, 0) is 23.9 Å². The van der Waals surface area contributed by atoms with Crippen molar-refractivity contribution in [2.24, 2.45) is 11.3 Å². The fourth-order valence-corrected chi connectivity index (χ4v) is 1.84.